The summed E-state index contributed by atoms with van der Waals surface area (Å²) in [6.07, 6.45) is 5.18. The number of benzene rings is 1. The average Bonchev–Trinajstić information content (AvgIpc) is 2.88. The second kappa shape index (κ2) is 6.62. The van der Waals surface area contributed by atoms with E-state index in [1.165, 1.54) is 5.56 Å². The molecule has 1 heterocycles. The van der Waals surface area contributed by atoms with Gasteiger partial charge in [-0.05, 0) is 48.9 Å². The molecule has 5 nitrogen and oxygen atoms in total. The molecule has 1 unspecified atom stereocenters. The van der Waals surface area contributed by atoms with Gasteiger partial charge in [0, 0.05) is 11.2 Å². The summed E-state index contributed by atoms with van der Waals surface area (Å²) in [7, 11) is 1.56. The molecule has 1 aromatic carbocycles. The highest BCUT2D eigenvalue weighted by molar-refractivity contribution is 6.31. The maximum Gasteiger partial charge on any atom is 0.246 e. The van der Waals surface area contributed by atoms with Crippen LogP contribution in [0.15, 0.2) is 24.4 Å². The molecular formula is C17H20ClN3O2. The summed E-state index contributed by atoms with van der Waals surface area (Å²) in [6.45, 7) is 2.43. The molecule has 0 radical (unpaired) electrons. The van der Waals surface area contributed by atoms with Crippen molar-refractivity contribution < 1.29 is 9.53 Å². The smallest absolute Gasteiger partial charge is 0.246 e. The summed E-state index contributed by atoms with van der Waals surface area (Å²) in [4.78, 5) is 12.3. The molecule has 2 aromatic rings. The zero-order valence-corrected chi connectivity index (χ0v) is 14.1. The first-order chi connectivity index (χ1) is 11.0. The molecule has 1 aliphatic rings. The number of aromatic nitrogens is 2. The maximum atomic E-state index is 12.3. The van der Waals surface area contributed by atoms with Crippen LogP contribution < -0.4 is 10.1 Å². The molecule has 6 heteroatoms. The van der Waals surface area contributed by atoms with Crippen LogP contribution in [-0.2, 0) is 24.2 Å². The number of carbonyl (C=O) groups is 1. The number of methoxy groups -OCH3 is 1. The van der Waals surface area contributed by atoms with Crippen molar-refractivity contribution >= 4 is 23.2 Å². The minimum absolute atomic E-state index is 0.154. The van der Waals surface area contributed by atoms with Crippen molar-refractivity contribution in [3.05, 3.63) is 40.7 Å². The van der Waals surface area contributed by atoms with E-state index in [0.717, 1.165) is 25.0 Å². The van der Waals surface area contributed by atoms with Gasteiger partial charge < -0.3 is 10.1 Å². The number of aryl methyl sites for hydroxylation is 1. The van der Waals surface area contributed by atoms with E-state index in [1.54, 1.807) is 30.0 Å². The average molecular weight is 334 g/mol. The van der Waals surface area contributed by atoms with Crippen LogP contribution >= 0.6 is 11.6 Å². The molecule has 1 aromatic heterocycles. The summed E-state index contributed by atoms with van der Waals surface area (Å²) in [5.41, 5.74) is 2.95. The Morgan fingerprint density at radius 2 is 2.35 bits per heavy atom. The molecule has 0 aliphatic heterocycles. The highest BCUT2D eigenvalue weighted by atomic mass is 35.5. The van der Waals surface area contributed by atoms with Crippen LogP contribution in [0.1, 0.15) is 24.6 Å². The van der Waals surface area contributed by atoms with Gasteiger partial charge in [0.25, 0.3) is 0 Å². The first-order valence-corrected chi connectivity index (χ1v) is 8.11. The van der Waals surface area contributed by atoms with Gasteiger partial charge in [-0.1, -0.05) is 18.5 Å². The fraction of sp³-hybridized carbons (Fsp3) is 0.412. The van der Waals surface area contributed by atoms with Crippen LogP contribution in [-0.4, -0.2) is 22.8 Å². The minimum Gasteiger partial charge on any atom is -0.495 e. The summed E-state index contributed by atoms with van der Waals surface area (Å²) in [6, 6.07) is 5.12. The Morgan fingerprint density at radius 1 is 1.52 bits per heavy atom. The normalized spacial score (nSPS) is 16.7. The number of hydrogen-bond acceptors (Lipinski definition) is 3. The lowest BCUT2D eigenvalue weighted by molar-refractivity contribution is -0.116. The summed E-state index contributed by atoms with van der Waals surface area (Å²) in [5, 5.41) is 7.90. The van der Waals surface area contributed by atoms with Crippen molar-refractivity contribution in [2.24, 2.45) is 5.92 Å². The molecule has 0 bridgehead atoms. The summed E-state index contributed by atoms with van der Waals surface area (Å²) < 4.78 is 6.95. The van der Waals surface area contributed by atoms with Crippen molar-refractivity contribution in [2.75, 3.05) is 12.4 Å². The van der Waals surface area contributed by atoms with Gasteiger partial charge in [0.1, 0.15) is 12.3 Å². The van der Waals surface area contributed by atoms with E-state index in [-0.39, 0.29) is 12.5 Å². The van der Waals surface area contributed by atoms with E-state index in [4.69, 9.17) is 16.3 Å². The van der Waals surface area contributed by atoms with Crippen LogP contribution in [0.3, 0.4) is 0 Å². The zero-order chi connectivity index (χ0) is 16.4. The summed E-state index contributed by atoms with van der Waals surface area (Å²) >= 11 is 5.98. The highest BCUT2D eigenvalue weighted by Crippen LogP contribution is 2.28. The number of halogens is 1. The van der Waals surface area contributed by atoms with Gasteiger partial charge in [0.2, 0.25) is 5.91 Å². The van der Waals surface area contributed by atoms with Gasteiger partial charge >= 0.3 is 0 Å². The molecule has 0 fully saturated rings. The summed E-state index contributed by atoms with van der Waals surface area (Å²) in [5.74, 6) is 1.11. The third kappa shape index (κ3) is 3.67. The van der Waals surface area contributed by atoms with Gasteiger partial charge in [0.15, 0.2) is 0 Å². The standard InChI is InChI=1S/C17H20ClN3O2/c1-11-3-5-14-12(7-11)9-21(20-14)10-17(22)19-15-8-13(18)4-6-16(15)23-2/h4,6,8-9,11H,3,5,7,10H2,1-2H3,(H,19,22). The second-order valence-corrected chi connectivity index (χ2v) is 6.48. The Balaban J connectivity index is 1.69. The highest BCUT2D eigenvalue weighted by Gasteiger charge is 2.19. The molecule has 1 amide bonds. The number of nitrogens with zero attached hydrogens (tertiary/aromatic N) is 2. The van der Waals surface area contributed by atoms with E-state index >= 15 is 0 Å². The zero-order valence-electron chi connectivity index (χ0n) is 13.3. The Labute approximate surface area is 140 Å². The molecular weight excluding hydrogens is 314 g/mol. The lowest BCUT2D eigenvalue weighted by Gasteiger charge is -2.15. The van der Waals surface area contributed by atoms with Crippen LogP contribution in [0.2, 0.25) is 5.02 Å². The predicted molar refractivity (Wildman–Crippen MR) is 90.0 cm³/mol. The molecule has 1 N–H and O–H groups in total. The second-order valence-electron chi connectivity index (χ2n) is 6.04. The van der Waals surface area contributed by atoms with E-state index in [2.05, 4.69) is 17.3 Å². The third-order valence-electron chi connectivity index (χ3n) is 4.11. The molecule has 1 atom stereocenters. The Hall–Kier alpha value is -2.01. The molecule has 122 valence electrons. The van der Waals surface area contributed by atoms with Gasteiger partial charge in [-0.25, -0.2) is 0 Å². The van der Waals surface area contributed by atoms with Crippen molar-refractivity contribution in [3.63, 3.8) is 0 Å². The van der Waals surface area contributed by atoms with Crippen molar-refractivity contribution in [2.45, 2.75) is 32.7 Å². The molecule has 0 spiro atoms. The van der Waals surface area contributed by atoms with Crippen molar-refractivity contribution in [3.8, 4) is 5.75 Å². The fourth-order valence-electron chi connectivity index (χ4n) is 2.94. The monoisotopic (exact) mass is 333 g/mol. The number of amides is 1. The maximum absolute atomic E-state index is 12.3. The molecule has 3 rings (SSSR count). The van der Waals surface area contributed by atoms with Gasteiger partial charge in [0.05, 0.1) is 18.5 Å². The van der Waals surface area contributed by atoms with E-state index in [9.17, 15) is 4.79 Å². The quantitative estimate of drug-likeness (QED) is 0.934. The molecule has 0 saturated carbocycles. The molecule has 23 heavy (non-hydrogen) atoms. The minimum atomic E-state index is -0.154. The van der Waals surface area contributed by atoms with Gasteiger partial charge in [-0.15, -0.1) is 0 Å². The van der Waals surface area contributed by atoms with Gasteiger partial charge in [-0.2, -0.15) is 5.10 Å². The van der Waals surface area contributed by atoms with Crippen LogP contribution in [0.5, 0.6) is 5.75 Å². The Bertz CT molecular complexity index is 727. The SMILES string of the molecule is COc1ccc(Cl)cc1NC(=O)Cn1cc2c(n1)CCC(C)C2. The third-order valence-corrected chi connectivity index (χ3v) is 4.34. The van der Waals surface area contributed by atoms with E-state index in [0.29, 0.717) is 22.4 Å². The Morgan fingerprint density at radius 3 is 3.13 bits per heavy atom. The lowest BCUT2D eigenvalue weighted by atomic mass is 9.89. The number of ether oxygens (including phenoxy) is 1. The number of anilines is 1. The number of rotatable bonds is 4. The van der Waals surface area contributed by atoms with Crippen molar-refractivity contribution in [1.29, 1.82) is 0 Å². The van der Waals surface area contributed by atoms with E-state index < -0.39 is 0 Å². The predicted octanol–water partition coefficient (Wildman–Crippen LogP) is 3.31. The Kier molecular flexibility index (Phi) is 4.57. The first kappa shape index (κ1) is 15.9. The number of fused-ring (bicyclic) bond motifs is 1. The van der Waals surface area contributed by atoms with Crippen LogP contribution in [0.25, 0.3) is 0 Å². The topological polar surface area (TPSA) is 56.1 Å². The van der Waals surface area contributed by atoms with E-state index in [1.807, 2.05) is 6.20 Å². The number of hydrogen-bond donors (Lipinski definition) is 1. The number of nitrogens with one attached hydrogen (secondary N) is 1. The fourth-order valence-corrected chi connectivity index (χ4v) is 3.11. The van der Waals surface area contributed by atoms with Gasteiger partial charge in [-0.3, -0.25) is 9.48 Å². The van der Waals surface area contributed by atoms with Crippen LogP contribution in [0, 0.1) is 5.92 Å². The number of carbonyl (C=O) groups excluding carboxylic acids is 1. The van der Waals surface area contributed by atoms with Crippen LogP contribution in [0.4, 0.5) is 5.69 Å². The van der Waals surface area contributed by atoms with Crippen molar-refractivity contribution in [1.82, 2.24) is 9.78 Å². The lowest BCUT2D eigenvalue weighted by Crippen LogP contribution is -2.19. The molecule has 1 aliphatic carbocycles. The largest absolute Gasteiger partial charge is 0.495 e. The first-order valence-electron chi connectivity index (χ1n) is 7.73. The molecule has 0 saturated heterocycles.